The zero-order valence-corrected chi connectivity index (χ0v) is 32.5. The van der Waals surface area contributed by atoms with Gasteiger partial charge in [0.1, 0.15) is 30.5 Å². The second-order valence-electron chi connectivity index (χ2n) is 14.3. The molecule has 3 atom stereocenters. The summed E-state index contributed by atoms with van der Waals surface area (Å²) in [5.74, 6) is -1.57. The monoisotopic (exact) mass is 748 g/mol. The van der Waals surface area contributed by atoms with E-state index in [1.165, 1.54) is 7.11 Å². The summed E-state index contributed by atoms with van der Waals surface area (Å²) in [6.07, 6.45) is 1.57. The molecule has 294 valence electrons. The van der Waals surface area contributed by atoms with E-state index in [9.17, 15) is 24.0 Å². The molecule has 2 aromatic carbocycles. The predicted molar refractivity (Wildman–Crippen MR) is 204 cm³/mol. The van der Waals surface area contributed by atoms with Crippen LogP contribution in [0.3, 0.4) is 0 Å². The summed E-state index contributed by atoms with van der Waals surface area (Å²) in [5.41, 5.74) is 1.61. The molecule has 3 aromatic rings. The maximum atomic E-state index is 13.4. The fourth-order valence-corrected chi connectivity index (χ4v) is 5.50. The number of nitrogens with zero attached hydrogens (tertiary/aromatic N) is 1. The molecule has 0 bridgehead atoms. The lowest BCUT2D eigenvalue weighted by molar-refractivity contribution is -0.147. The Morgan fingerprint density at radius 1 is 0.722 bits per heavy atom. The maximum Gasteiger partial charge on any atom is 0.328 e. The van der Waals surface area contributed by atoms with Gasteiger partial charge in [-0.3, -0.25) is 19.2 Å². The minimum Gasteiger partial charge on any atom is -0.494 e. The molecule has 54 heavy (non-hydrogen) atoms. The van der Waals surface area contributed by atoms with Gasteiger partial charge in [0.25, 0.3) is 0 Å². The molecule has 13 nitrogen and oxygen atoms in total. The molecule has 0 saturated heterocycles. The van der Waals surface area contributed by atoms with Gasteiger partial charge in [-0.25, -0.2) is 9.78 Å². The molecular weight excluding hydrogens is 692 g/mol. The molecule has 0 aliphatic rings. The number of amides is 3. The average molecular weight is 749 g/mol. The summed E-state index contributed by atoms with van der Waals surface area (Å²) in [6.45, 7) is 11.8. The van der Waals surface area contributed by atoms with Crippen LogP contribution in [0.1, 0.15) is 79.2 Å². The Kier molecular flexibility index (Phi) is 17.7. The molecule has 0 radical (unpaired) electrons. The Labute approximate surface area is 318 Å². The van der Waals surface area contributed by atoms with Gasteiger partial charge < -0.3 is 34.9 Å². The number of hydrogen-bond acceptors (Lipinski definition) is 10. The van der Waals surface area contributed by atoms with E-state index in [0.29, 0.717) is 43.0 Å². The molecule has 1 aromatic heterocycles. The number of ether oxygens (including phenoxy) is 4. The van der Waals surface area contributed by atoms with Crippen LogP contribution >= 0.6 is 0 Å². The average Bonchev–Trinajstić information content (AvgIpc) is 3.14. The zero-order valence-electron chi connectivity index (χ0n) is 32.5. The van der Waals surface area contributed by atoms with Gasteiger partial charge in [-0.1, -0.05) is 71.9 Å². The van der Waals surface area contributed by atoms with Gasteiger partial charge in [0.2, 0.25) is 23.6 Å². The van der Waals surface area contributed by atoms with E-state index in [0.717, 1.165) is 10.9 Å². The Morgan fingerprint density at radius 3 is 2.06 bits per heavy atom. The summed E-state index contributed by atoms with van der Waals surface area (Å²) in [7, 11) is 1.26. The predicted octanol–water partition coefficient (Wildman–Crippen LogP) is 5.28. The second kappa shape index (κ2) is 22.1. The van der Waals surface area contributed by atoms with Crippen molar-refractivity contribution < 1.29 is 42.9 Å². The zero-order chi connectivity index (χ0) is 39.6. The van der Waals surface area contributed by atoms with Crippen molar-refractivity contribution in [3.63, 3.8) is 0 Å². The van der Waals surface area contributed by atoms with Crippen molar-refractivity contribution in [3.8, 4) is 11.6 Å². The highest BCUT2D eigenvalue weighted by molar-refractivity contribution is 5.93. The van der Waals surface area contributed by atoms with E-state index in [-0.39, 0.29) is 55.7 Å². The highest BCUT2D eigenvalue weighted by Crippen LogP contribution is 2.22. The lowest BCUT2D eigenvalue weighted by Gasteiger charge is -2.28. The highest BCUT2D eigenvalue weighted by atomic mass is 16.5. The van der Waals surface area contributed by atoms with Crippen LogP contribution in [0.5, 0.6) is 11.6 Å². The highest BCUT2D eigenvalue weighted by Gasteiger charge is 2.32. The fourth-order valence-electron chi connectivity index (χ4n) is 5.50. The van der Waals surface area contributed by atoms with Crippen molar-refractivity contribution in [2.24, 2.45) is 17.8 Å². The van der Waals surface area contributed by atoms with Gasteiger partial charge in [-0.15, -0.1) is 0 Å². The molecule has 0 saturated carbocycles. The van der Waals surface area contributed by atoms with Crippen molar-refractivity contribution in [2.45, 2.75) is 98.4 Å². The molecule has 0 fully saturated rings. The molecule has 3 amide bonds. The third-order valence-corrected chi connectivity index (χ3v) is 8.50. The number of carbonyl (C=O) groups is 5. The van der Waals surface area contributed by atoms with E-state index >= 15 is 0 Å². The summed E-state index contributed by atoms with van der Waals surface area (Å²) >= 11 is 0. The first-order chi connectivity index (χ1) is 25.8. The molecular formula is C41H56N4O9. The normalized spacial score (nSPS) is 12.9. The number of carbonyl (C=O) groups excluding carboxylic acids is 5. The van der Waals surface area contributed by atoms with Crippen LogP contribution in [0.15, 0.2) is 60.7 Å². The molecule has 0 aliphatic carbocycles. The third kappa shape index (κ3) is 14.7. The number of rotatable bonds is 22. The first-order valence-electron chi connectivity index (χ1n) is 18.6. The second-order valence-corrected chi connectivity index (χ2v) is 14.3. The number of hydrogen-bond donors (Lipinski definition) is 3. The molecule has 0 spiro atoms. The molecule has 1 heterocycles. The minimum absolute atomic E-state index is 0.0656. The lowest BCUT2D eigenvalue weighted by Crippen LogP contribution is -2.57. The summed E-state index contributed by atoms with van der Waals surface area (Å²) < 4.78 is 21.8. The fraction of sp³-hybridized carbons (Fsp3) is 0.512. The van der Waals surface area contributed by atoms with Crippen LogP contribution in [0.4, 0.5) is 0 Å². The standard InChI is InChI=1S/C41H56N4O9/c1-26(2)23-33(39(48)45-38(28(5)6)41(50)51-7)43-40(49)37(27(3)4)44-34(46)15-11-22-53-35-20-18-30-17-19-31(24-32(30)42-35)52-21-12-16-36(47)54-25-29-13-9-8-10-14-29/h8-10,13-14,17-20,24,26-28,33,37-38H,11-12,15-16,21-23,25H2,1-7H3,(H,43,49)(H,44,46)(H,45,48)/t33-,37-,38-/m0/s1. The van der Waals surface area contributed by atoms with Crippen molar-refractivity contribution in [2.75, 3.05) is 20.3 Å². The number of esters is 2. The first kappa shape index (κ1) is 43.2. The van der Waals surface area contributed by atoms with Crippen molar-refractivity contribution in [1.29, 1.82) is 0 Å². The van der Waals surface area contributed by atoms with Crippen LogP contribution in [-0.2, 0) is 40.1 Å². The van der Waals surface area contributed by atoms with Crippen LogP contribution < -0.4 is 25.4 Å². The minimum atomic E-state index is -0.909. The molecule has 0 aliphatic heterocycles. The maximum absolute atomic E-state index is 13.4. The number of aromatic nitrogens is 1. The number of pyridine rings is 1. The number of benzene rings is 2. The lowest BCUT2D eigenvalue weighted by atomic mass is 9.98. The quantitative estimate of drug-likeness (QED) is 0.0907. The molecule has 3 rings (SSSR count). The van der Waals surface area contributed by atoms with Crippen LogP contribution in [0.2, 0.25) is 0 Å². The number of nitrogens with one attached hydrogen (secondary N) is 3. The Hall–Kier alpha value is -5.20. The van der Waals surface area contributed by atoms with Gasteiger partial charge in [0.05, 0.1) is 25.8 Å². The SMILES string of the molecule is COC(=O)[C@@H](NC(=O)[C@H](CC(C)C)NC(=O)[C@@H](NC(=O)CCCOc1ccc2ccc(OCCCC(=O)OCc3ccccc3)cc2n1)C(C)C)C(C)C. The van der Waals surface area contributed by atoms with E-state index in [4.69, 9.17) is 18.9 Å². The van der Waals surface area contributed by atoms with E-state index in [1.807, 2.05) is 76.2 Å². The van der Waals surface area contributed by atoms with Gasteiger partial charge >= 0.3 is 11.9 Å². The Bertz CT molecular complexity index is 1680. The van der Waals surface area contributed by atoms with Gasteiger partial charge in [-0.05, 0) is 60.8 Å². The molecule has 3 N–H and O–H groups in total. The molecule has 13 heteroatoms. The number of fused-ring (bicyclic) bond motifs is 1. The summed E-state index contributed by atoms with van der Waals surface area (Å²) in [4.78, 5) is 68.4. The van der Waals surface area contributed by atoms with Gasteiger partial charge in [-0.2, -0.15) is 0 Å². The Morgan fingerprint density at radius 2 is 1.39 bits per heavy atom. The van der Waals surface area contributed by atoms with Gasteiger partial charge in [0, 0.05) is 30.4 Å². The Balaban J connectivity index is 1.46. The van der Waals surface area contributed by atoms with E-state index < -0.39 is 35.9 Å². The summed E-state index contributed by atoms with van der Waals surface area (Å²) in [5, 5.41) is 9.20. The van der Waals surface area contributed by atoms with Crippen molar-refractivity contribution in [3.05, 3.63) is 66.2 Å². The number of methoxy groups -OCH3 is 1. The topological polar surface area (TPSA) is 171 Å². The van der Waals surface area contributed by atoms with Gasteiger partial charge in [0.15, 0.2) is 0 Å². The van der Waals surface area contributed by atoms with Crippen molar-refractivity contribution >= 4 is 40.6 Å². The van der Waals surface area contributed by atoms with E-state index in [2.05, 4.69) is 20.9 Å². The summed E-state index contributed by atoms with van der Waals surface area (Å²) in [6, 6.07) is 16.0. The van der Waals surface area contributed by atoms with Crippen LogP contribution in [0, 0.1) is 17.8 Å². The van der Waals surface area contributed by atoms with Crippen molar-refractivity contribution in [1.82, 2.24) is 20.9 Å². The first-order valence-corrected chi connectivity index (χ1v) is 18.6. The van der Waals surface area contributed by atoms with Crippen LogP contribution in [0.25, 0.3) is 10.9 Å². The largest absolute Gasteiger partial charge is 0.494 e. The third-order valence-electron chi connectivity index (χ3n) is 8.50. The smallest absolute Gasteiger partial charge is 0.328 e. The molecule has 0 unspecified atom stereocenters. The van der Waals surface area contributed by atoms with E-state index in [1.54, 1.807) is 26.0 Å². The van der Waals surface area contributed by atoms with Crippen LogP contribution in [-0.4, -0.2) is 73.1 Å².